The number of anilines is 1. The molecule has 1 heterocycles. The third-order valence-corrected chi connectivity index (χ3v) is 4.57. The smallest absolute Gasteiger partial charge is 0.250 e. The summed E-state index contributed by atoms with van der Waals surface area (Å²) in [5.41, 5.74) is 3.46. The molecule has 140 valence electrons. The molecule has 0 aliphatic heterocycles. The molecule has 0 saturated carbocycles. The molecule has 28 heavy (non-hydrogen) atoms. The Morgan fingerprint density at radius 3 is 2.50 bits per heavy atom. The van der Waals surface area contributed by atoms with E-state index in [0.29, 0.717) is 11.5 Å². The third kappa shape index (κ3) is 3.78. The van der Waals surface area contributed by atoms with E-state index in [1.54, 1.807) is 18.2 Å². The van der Waals surface area contributed by atoms with Gasteiger partial charge in [0.05, 0.1) is 5.56 Å². The Morgan fingerprint density at radius 2 is 1.71 bits per heavy atom. The average molecular weight is 373 g/mol. The van der Waals surface area contributed by atoms with Gasteiger partial charge in [0.25, 0.3) is 5.89 Å². The topological polar surface area (TPSA) is 51.0 Å². The number of nitrogens with one attached hydrogen (secondary N) is 1. The van der Waals surface area contributed by atoms with Crippen molar-refractivity contribution in [1.82, 2.24) is 10.2 Å². The molecule has 0 spiro atoms. The lowest BCUT2D eigenvalue weighted by Gasteiger charge is -2.17. The Hall–Kier alpha value is -3.47. The minimum Gasteiger partial charge on any atom is -0.418 e. The second-order valence-electron chi connectivity index (χ2n) is 6.47. The largest absolute Gasteiger partial charge is 0.418 e. The van der Waals surface area contributed by atoms with Crippen LogP contribution in [0.5, 0.6) is 0 Å². The van der Waals surface area contributed by atoms with Crippen molar-refractivity contribution in [3.05, 3.63) is 102 Å². The number of benzene rings is 3. The van der Waals surface area contributed by atoms with Crippen LogP contribution in [0.15, 0.2) is 83.3 Å². The van der Waals surface area contributed by atoms with Gasteiger partial charge in [0.1, 0.15) is 11.9 Å². The maximum absolute atomic E-state index is 14.1. The molecule has 4 aromatic rings. The van der Waals surface area contributed by atoms with Gasteiger partial charge in [-0.25, -0.2) is 4.39 Å². The molecule has 0 saturated heterocycles. The minimum absolute atomic E-state index is 0.165. The summed E-state index contributed by atoms with van der Waals surface area (Å²) in [6.07, 6.45) is 0.948. The first kappa shape index (κ1) is 17.9. The molecular formula is C23H20FN3O. The molecule has 0 aliphatic rings. The zero-order valence-corrected chi connectivity index (χ0v) is 15.5. The van der Waals surface area contributed by atoms with E-state index < -0.39 is 5.82 Å². The van der Waals surface area contributed by atoms with Gasteiger partial charge in [0, 0.05) is 5.69 Å². The number of halogens is 1. The maximum atomic E-state index is 14.1. The lowest BCUT2D eigenvalue weighted by Crippen LogP contribution is -2.13. The van der Waals surface area contributed by atoms with Crippen molar-refractivity contribution >= 4 is 5.69 Å². The summed E-state index contributed by atoms with van der Waals surface area (Å²) < 4.78 is 20.0. The van der Waals surface area contributed by atoms with Crippen molar-refractivity contribution in [2.75, 3.05) is 5.32 Å². The van der Waals surface area contributed by atoms with Crippen molar-refractivity contribution < 1.29 is 8.81 Å². The van der Waals surface area contributed by atoms with Gasteiger partial charge in [-0.1, -0.05) is 61.5 Å². The van der Waals surface area contributed by atoms with E-state index in [-0.39, 0.29) is 11.9 Å². The third-order valence-electron chi connectivity index (χ3n) is 4.57. The average Bonchev–Trinajstić information content (AvgIpc) is 3.23. The SMILES string of the molecule is CCc1cccc(N[C@H](c2ccccc2)c2nnc(-c3ccccc3F)o2)c1. The fourth-order valence-electron chi connectivity index (χ4n) is 3.08. The zero-order chi connectivity index (χ0) is 19.3. The zero-order valence-electron chi connectivity index (χ0n) is 15.5. The Kier molecular flexibility index (Phi) is 5.15. The summed E-state index contributed by atoms with van der Waals surface area (Å²) in [6.45, 7) is 2.12. The van der Waals surface area contributed by atoms with Gasteiger partial charge in [-0.15, -0.1) is 10.2 Å². The maximum Gasteiger partial charge on any atom is 0.250 e. The lowest BCUT2D eigenvalue weighted by atomic mass is 10.1. The van der Waals surface area contributed by atoms with E-state index in [1.165, 1.54) is 11.6 Å². The molecular weight excluding hydrogens is 353 g/mol. The summed E-state index contributed by atoms with van der Waals surface area (Å²) in [4.78, 5) is 0. The highest BCUT2D eigenvalue weighted by Crippen LogP contribution is 2.29. The fourth-order valence-corrected chi connectivity index (χ4v) is 3.08. The van der Waals surface area contributed by atoms with Gasteiger partial charge in [-0.3, -0.25) is 0 Å². The molecule has 1 N–H and O–H groups in total. The number of aromatic nitrogens is 2. The molecule has 0 aliphatic carbocycles. The molecule has 1 aromatic heterocycles. The number of aryl methyl sites for hydroxylation is 1. The highest BCUT2D eigenvalue weighted by molar-refractivity contribution is 5.54. The molecule has 0 radical (unpaired) electrons. The predicted molar refractivity (Wildman–Crippen MR) is 107 cm³/mol. The van der Waals surface area contributed by atoms with Gasteiger partial charge in [-0.2, -0.15) is 0 Å². The van der Waals surface area contributed by atoms with Gasteiger partial charge in [-0.05, 0) is 41.8 Å². The molecule has 3 aromatic carbocycles. The molecule has 0 unspecified atom stereocenters. The van der Waals surface area contributed by atoms with Crippen LogP contribution < -0.4 is 5.32 Å². The van der Waals surface area contributed by atoms with Crippen LogP contribution >= 0.6 is 0 Å². The molecule has 0 fully saturated rings. The van der Waals surface area contributed by atoms with Crippen LogP contribution in [0.2, 0.25) is 0 Å². The van der Waals surface area contributed by atoms with E-state index >= 15 is 0 Å². The van der Waals surface area contributed by atoms with Crippen LogP contribution in [0, 0.1) is 5.82 Å². The van der Waals surface area contributed by atoms with Crippen LogP contribution in [0.1, 0.15) is 30.0 Å². The molecule has 0 amide bonds. The summed E-state index contributed by atoms with van der Waals surface area (Å²) in [5.74, 6) is 0.155. The first-order chi connectivity index (χ1) is 13.7. The summed E-state index contributed by atoms with van der Waals surface area (Å²) in [7, 11) is 0. The van der Waals surface area contributed by atoms with Gasteiger partial charge >= 0.3 is 0 Å². The molecule has 5 heteroatoms. The minimum atomic E-state index is -0.391. The molecule has 4 rings (SSSR count). The van der Waals surface area contributed by atoms with E-state index in [4.69, 9.17) is 4.42 Å². The van der Waals surface area contributed by atoms with E-state index in [9.17, 15) is 4.39 Å². The second kappa shape index (κ2) is 8.05. The first-order valence-electron chi connectivity index (χ1n) is 9.23. The number of hydrogen-bond acceptors (Lipinski definition) is 4. The van der Waals surface area contributed by atoms with E-state index in [0.717, 1.165) is 17.7 Å². The second-order valence-corrected chi connectivity index (χ2v) is 6.47. The predicted octanol–water partition coefficient (Wildman–Crippen LogP) is 5.64. The molecule has 1 atom stereocenters. The number of rotatable bonds is 6. The van der Waals surface area contributed by atoms with Crippen LogP contribution in [-0.2, 0) is 6.42 Å². The lowest BCUT2D eigenvalue weighted by molar-refractivity contribution is 0.490. The summed E-state index contributed by atoms with van der Waals surface area (Å²) >= 11 is 0. The molecule has 0 bridgehead atoms. The standard InChI is InChI=1S/C23H20FN3O/c1-2-16-9-8-12-18(15-16)25-21(17-10-4-3-5-11-17)23-27-26-22(28-23)19-13-6-7-14-20(19)24/h3-15,21,25H,2H2,1H3/t21-/m1/s1. The van der Waals surface area contributed by atoms with Crippen LogP contribution in [0.25, 0.3) is 11.5 Å². The van der Waals surface area contributed by atoms with Crippen molar-refractivity contribution in [2.24, 2.45) is 0 Å². The van der Waals surface area contributed by atoms with Gasteiger partial charge in [0.15, 0.2) is 0 Å². The van der Waals surface area contributed by atoms with E-state index in [2.05, 4.69) is 34.6 Å². The Balaban J connectivity index is 1.71. The quantitative estimate of drug-likeness (QED) is 0.475. The van der Waals surface area contributed by atoms with Crippen LogP contribution in [0.4, 0.5) is 10.1 Å². The number of nitrogens with zero attached hydrogens (tertiary/aromatic N) is 2. The highest BCUT2D eigenvalue weighted by atomic mass is 19.1. The van der Waals surface area contributed by atoms with E-state index in [1.807, 2.05) is 42.5 Å². The fraction of sp³-hybridized carbons (Fsp3) is 0.130. The normalized spacial score (nSPS) is 11.9. The van der Waals surface area contributed by atoms with Crippen molar-refractivity contribution in [1.29, 1.82) is 0 Å². The Morgan fingerprint density at radius 1 is 0.929 bits per heavy atom. The monoisotopic (exact) mass is 373 g/mol. The van der Waals surface area contributed by atoms with Crippen LogP contribution in [-0.4, -0.2) is 10.2 Å². The Bertz CT molecular complexity index is 1060. The van der Waals surface area contributed by atoms with Crippen molar-refractivity contribution in [3.63, 3.8) is 0 Å². The van der Waals surface area contributed by atoms with Crippen LogP contribution in [0.3, 0.4) is 0 Å². The highest BCUT2D eigenvalue weighted by Gasteiger charge is 2.22. The summed E-state index contributed by atoms with van der Waals surface area (Å²) in [6, 6.07) is 24.1. The van der Waals surface area contributed by atoms with Crippen molar-refractivity contribution in [3.8, 4) is 11.5 Å². The molecule has 4 nitrogen and oxygen atoms in total. The number of hydrogen-bond donors (Lipinski definition) is 1. The van der Waals surface area contributed by atoms with Crippen molar-refractivity contribution in [2.45, 2.75) is 19.4 Å². The Labute approximate surface area is 163 Å². The van der Waals surface area contributed by atoms with Gasteiger partial charge in [0.2, 0.25) is 5.89 Å². The first-order valence-corrected chi connectivity index (χ1v) is 9.23. The van der Waals surface area contributed by atoms with Gasteiger partial charge < -0.3 is 9.73 Å². The summed E-state index contributed by atoms with van der Waals surface area (Å²) in [5, 5.41) is 11.8.